The highest BCUT2D eigenvalue weighted by Gasteiger charge is 2.02. The van der Waals surface area contributed by atoms with Crippen LogP contribution in [0.2, 0.25) is 0 Å². The van der Waals surface area contributed by atoms with Crippen LogP contribution in [0.15, 0.2) is 24.3 Å². The Balaban J connectivity index is 2.11. The van der Waals surface area contributed by atoms with E-state index in [2.05, 4.69) is 15.6 Å². The third-order valence-corrected chi connectivity index (χ3v) is 1.96. The zero-order valence-corrected chi connectivity index (χ0v) is 7.92. The average molecular weight is 206 g/mol. The van der Waals surface area contributed by atoms with Crippen molar-refractivity contribution in [3.05, 3.63) is 24.3 Å². The minimum atomic E-state index is -0.889. The van der Waals surface area contributed by atoms with Crippen LogP contribution in [0.4, 0.5) is 0 Å². The summed E-state index contributed by atoms with van der Waals surface area (Å²) < 4.78 is 1.62. The molecule has 0 saturated heterocycles. The molecule has 0 fully saturated rings. The Bertz CT molecular complexity index is 480. The van der Waals surface area contributed by atoms with Crippen LogP contribution >= 0.6 is 0 Å². The Hall–Kier alpha value is -1.95. The first-order valence-corrected chi connectivity index (χ1v) is 4.48. The molecule has 0 amide bonds. The van der Waals surface area contributed by atoms with Crippen molar-refractivity contribution in [2.75, 3.05) is 6.54 Å². The summed E-state index contributed by atoms with van der Waals surface area (Å²) in [4.78, 5) is 10.3. The van der Waals surface area contributed by atoms with Gasteiger partial charge in [0.2, 0.25) is 0 Å². The van der Waals surface area contributed by atoms with Gasteiger partial charge in [0.1, 0.15) is 5.52 Å². The molecule has 15 heavy (non-hydrogen) atoms. The summed E-state index contributed by atoms with van der Waals surface area (Å²) in [5, 5.41) is 19.0. The molecule has 78 valence electrons. The molecule has 1 aromatic heterocycles. The molecule has 0 atom stereocenters. The van der Waals surface area contributed by atoms with Crippen LogP contribution in [0.25, 0.3) is 11.0 Å². The molecule has 1 aromatic carbocycles. The summed E-state index contributed by atoms with van der Waals surface area (Å²) in [5.41, 5.74) is 1.69. The van der Waals surface area contributed by atoms with Crippen LogP contribution in [0.5, 0.6) is 0 Å². The number of hydrogen-bond donors (Lipinski definition) is 2. The van der Waals surface area contributed by atoms with Crippen LogP contribution in [0.1, 0.15) is 0 Å². The molecule has 0 radical (unpaired) electrons. The summed E-state index contributed by atoms with van der Waals surface area (Å²) in [7, 11) is 0. The number of aliphatic carboxylic acids is 1. The van der Waals surface area contributed by atoms with E-state index in [1.54, 1.807) is 4.68 Å². The number of nitrogens with one attached hydrogen (secondary N) is 1. The zero-order valence-electron chi connectivity index (χ0n) is 7.92. The predicted molar refractivity (Wildman–Crippen MR) is 53.2 cm³/mol. The van der Waals surface area contributed by atoms with Gasteiger partial charge in [-0.05, 0) is 12.1 Å². The lowest BCUT2D eigenvalue weighted by molar-refractivity contribution is -0.136. The minimum absolute atomic E-state index is 0.0891. The Morgan fingerprint density at radius 2 is 2.27 bits per heavy atom. The fourth-order valence-electron chi connectivity index (χ4n) is 1.30. The predicted octanol–water partition coefficient (Wildman–Crippen LogP) is 0.0630. The number of carboxylic acid groups (broad SMARTS) is 1. The van der Waals surface area contributed by atoms with Gasteiger partial charge in [0.15, 0.2) is 0 Å². The van der Waals surface area contributed by atoms with Gasteiger partial charge in [-0.3, -0.25) is 10.1 Å². The second-order valence-corrected chi connectivity index (χ2v) is 3.06. The van der Waals surface area contributed by atoms with E-state index in [1.807, 2.05) is 24.3 Å². The smallest absolute Gasteiger partial charge is 0.317 e. The molecule has 0 bridgehead atoms. The first-order valence-electron chi connectivity index (χ1n) is 4.48. The molecule has 6 heteroatoms. The number of para-hydroxylation sites is 1. The summed E-state index contributed by atoms with van der Waals surface area (Å²) >= 11 is 0. The topological polar surface area (TPSA) is 80.0 Å². The van der Waals surface area contributed by atoms with E-state index in [-0.39, 0.29) is 6.54 Å². The fourth-order valence-corrected chi connectivity index (χ4v) is 1.30. The second-order valence-electron chi connectivity index (χ2n) is 3.06. The minimum Gasteiger partial charge on any atom is -0.480 e. The van der Waals surface area contributed by atoms with Gasteiger partial charge in [0.05, 0.1) is 18.7 Å². The van der Waals surface area contributed by atoms with Crippen molar-refractivity contribution in [1.82, 2.24) is 20.3 Å². The Morgan fingerprint density at radius 1 is 1.47 bits per heavy atom. The van der Waals surface area contributed by atoms with Gasteiger partial charge in [-0.1, -0.05) is 17.3 Å². The molecule has 6 nitrogen and oxygen atoms in total. The summed E-state index contributed by atoms with van der Waals surface area (Å²) in [6.45, 7) is 0.251. The van der Waals surface area contributed by atoms with Gasteiger partial charge in [-0.15, -0.1) is 5.10 Å². The molecular formula is C9H10N4O2. The monoisotopic (exact) mass is 206 g/mol. The van der Waals surface area contributed by atoms with Crippen molar-refractivity contribution in [2.45, 2.75) is 6.67 Å². The molecule has 0 spiro atoms. The SMILES string of the molecule is O=C(O)CNCn1nnc2ccccc21. The third-order valence-electron chi connectivity index (χ3n) is 1.96. The van der Waals surface area contributed by atoms with Crippen LogP contribution in [-0.4, -0.2) is 32.6 Å². The summed E-state index contributed by atoms with van der Waals surface area (Å²) in [6.07, 6.45) is 0. The lowest BCUT2D eigenvalue weighted by Crippen LogP contribution is -2.25. The van der Waals surface area contributed by atoms with E-state index in [0.717, 1.165) is 11.0 Å². The highest BCUT2D eigenvalue weighted by atomic mass is 16.4. The highest BCUT2D eigenvalue weighted by molar-refractivity contribution is 5.73. The van der Waals surface area contributed by atoms with Gasteiger partial charge in [0.25, 0.3) is 0 Å². The molecule has 1 heterocycles. The number of nitrogens with zero attached hydrogens (tertiary/aromatic N) is 3. The molecule has 2 rings (SSSR count). The van der Waals surface area contributed by atoms with Crippen molar-refractivity contribution in [3.63, 3.8) is 0 Å². The maximum atomic E-state index is 10.3. The highest BCUT2D eigenvalue weighted by Crippen LogP contribution is 2.08. The van der Waals surface area contributed by atoms with Crippen molar-refractivity contribution in [1.29, 1.82) is 0 Å². The number of fused-ring (bicyclic) bond motifs is 1. The molecule has 0 saturated carbocycles. The lowest BCUT2D eigenvalue weighted by atomic mass is 10.3. The van der Waals surface area contributed by atoms with Crippen molar-refractivity contribution in [3.8, 4) is 0 Å². The number of rotatable bonds is 4. The molecule has 2 N–H and O–H groups in total. The first-order chi connectivity index (χ1) is 7.27. The van der Waals surface area contributed by atoms with E-state index in [4.69, 9.17) is 5.11 Å². The number of carbonyl (C=O) groups is 1. The van der Waals surface area contributed by atoms with E-state index in [0.29, 0.717) is 6.67 Å². The summed E-state index contributed by atoms with van der Waals surface area (Å²) in [6, 6.07) is 7.51. The van der Waals surface area contributed by atoms with Gasteiger partial charge in [-0.25, -0.2) is 4.68 Å². The first kappa shape index (κ1) is 9.60. The Labute approximate surface area is 85.5 Å². The molecule has 2 aromatic rings. The second kappa shape index (κ2) is 4.05. The zero-order chi connectivity index (χ0) is 10.7. The summed E-state index contributed by atoms with van der Waals surface area (Å²) in [5.74, 6) is -0.889. The third kappa shape index (κ3) is 2.10. The van der Waals surface area contributed by atoms with E-state index in [9.17, 15) is 4.79 Å². The van der Waals surface area contributed by atoms with Crippen molar-refractivity contribution in [2.24, 2.45) is 0 Å². The van der Waals surface area contributed by atoms with Gasteiger partial charge >= 0.3 is 5.97 Å². The van der Waals surface area contributed by atoms with E-state index >= 15 is 0 Å². The van der Waals surface area contributed by atoms with E-state index in [1.165, 1.54) is 0 Å². The fraction of sp³-hybridized carbons (Fsp3) is 0.222. The normalized spacial score (nSPS) is 10.7. The molecule has 0 aliphatic carbocycles. The average Bonchev–Trinajstić information content (AvgIpc) is 2.62. The Morgan fingerprint density at radius 3 is 3.07 bits per heavy atom. The van der Waals surface area contributed by atoms with Crippen LogP contribution < -0.4 is 5.32 Å². The van der Waals surface area contributed by atoms with Gasteiger partial charge < -0.3 is 5.11 Å². The Kier molecular flexibility index (Phi) is 2.59. The number of aromatic nitrogens is 3. The van der Waals surface area contributed by atoms with Crippen molar-refractivity contribution < 1.29 is 9.90 Å². The lowest BCUT2D eigenvalue weighted by Gasteiger charge is -2.01. The molecule has 0 aliphatic rings. The maximum Gasteiger partial charge on any atom is 0.317 e. The number of benzene rings is 1. The molecule has 0 aliphatic heterocycles. The van der Waals surface area contributed by atoms with Gasteiger partial charge in [-0.2, -0.15) is 0 Å². The van der Waals surface area contributed by atoms with E-state index < -0.39 is 5.97 Å². The van der Waals surface area contributed by atoms with Crippen LogP contribution in [0, 0.1) is 0 Å². The standard InChI is InChI=1S/C9H10N4O2/c14-9(15)5-10-6-13-8-4-2-1-3-7(8)11-12-13/h1-4,10H,5-6H2,(H,14,15). The van der Waals surface area contributed by atoms with Crippen LogP contribution in [-0.2, 0) is 11.5 Å². The largest absolute Gasteiger partial charge is 0.480 e. The quantitative estimate of drug-likeness (QED) is 0.739. The van der Waals surface area contributed by atoms with Crippen LogP contribution in [0.3, 0.4) is 0 Å². The molecule has 0 unspecified atom stereocenters. The van der Waals surface area contributed by atoms with Gasteiger partial charge in [0, 0.05) is 0 Å². The maximum absolute atomic E-state index is 10.3. The number of hydrogen-bond acceptors (Lipinski definition) is 4. The van der Waals surface area contributed by atoms with Crippen molar-refractivity contribution >= 4 is 17.0 Å². The molecular weight excluding hydrogens is 196 g/mol. The number of carboxylic acids is 1.